The molecule has 9 heavy (non-hydrogen) atoms. The number of rotatable bonds is 3. The average molecular weight is 155 g/mol. The van der Waals surface area contributed by atoms with Gasteiger partial charge in [-0.1, -0.05) is 0 Å². The van der Waals surface area contributed by atoms with Crippen molar-refractivity contribution in [3.05, 3.63) is 0 Å². The van der Waals surface area contributed by atoms with E-state index in [1.165, 1.54) is 6.66 Å². The molecule has 0 radical (unpaired) electrons. The fraction of sp³-hybridized carbons (Fsp3) is 1.00. The first kappa shape index (κ1) is 9.27. The first-order valence-electron chi connectivity index (χ1n) is 2.84. The molecule has 0 fully saturated rings. The van der Waals surface area contributed by atoms with Crippen molar-refractivity contribution in [3.63, 3.8) is 0 Å². The van der Waals surface area contributed by atoms with E-state index in [1.807, 2.05) is 6.92 Å². The molecule has 0 amide bonds. The van der Waals surface area contributed by atoms with Crippen molar-refractivity contribution in [1.29, 1.82) is 0 Å². The van der Waals surface area contributed by atoms with Gasteiger partial charge in [0, 0.05) is 0 Å². The van der Waals surface area contributed by atoms with Gasteiger partial charge < -0.3 is 0 Å². The van der Waals surface area contributed by atoms with Gasteiger partial charge in [0.25, 0.3) is 0 Å². The molecule has 58 valence electrons. The van der Waals surface area contributed by atoms with Gasteiger partial charge in [0.05, 0.1) is 0 Å². The van der Waals surface area contributed by atoms with Gasteiger partial charge in [0.15, 0.2) is 0 Å². The van der Waals surface area contributed by atoms with Crippen LogP contribution in [0.2, 0.25) is 0 Å². The summed E-state index contributed by atoms with van der Waals surface area (Å²) in [7, 11) is -3.37. The van der Waals surface area contributed by atoms with E-state index in [4.69, 9.17) is 15.5 Å². The van der Waals surface area contributed by atoms with E-state index < -0.39 is 14.2 Å². The summed E-state index contributed by atoms with van der Waals surface area (Å²) < 4.78 is 4.61. The predicted octanol–water partition coefficient (Wildman–Crippen LogP) is -0.193. The second kappa shape index (κ2) is 3.44. The van der Waals surface area contributed by atoms with Gasteiger partial charge >= 0.3 is 54.2 Å². The van der Waals surface area contributed by atoms with Gasteiger partial charge in [0.2, 0.25) is 0 Å². The molecule has 1 atom stereocenters. The SMILES string of the molecule is CCC(N)O[PH](C)(O)O. The Morgan fingerprint density at radius 3 is 2.22 bits per heavy atom. The summed E-state index contributed by atoms with van der Waals surface area (Å²) in [6.45, 7) is 3.06. The van der Waals surface area contributed by atoms with Crippen molar-refractivity contribution >= 4 is 7.94 Å². The first-order chi connectivity index (χ1) is 3.95. The molecule has 0 aromatic rings. The molecular weight excluding hydrogens is 141 g/mol. The van der Waals surface area contributed by atoms with Crippen LogP contribution in [-0.4, -0.2) is 22.7 Å². The maximum atomic E-state index is 8.71. The quantitative estimate of drug-likeness (QED) is 0.390. The summed E-state index contributed by atoms with van der Waals surface area (Å²) in [5.41, 5.74) is 5.25. The van der Waals surface area contributed by atoms with Gasteiger partial charge in [-0.25, -0.2) is 0 Å². The van der Waals surface area contributed by atoms with Crippen LogP contribution < -0.4 is 5.73 Å². The zero-order valence-electron chi connectivity index (χ0n) is 5.66. The van der Waals surface area contributed by atoms with Crippen molar-refractivity contribution in [3.8, 4) is 0 Å². The van der Waals surface area contributed by atoms with E-state index in [0.717, 1.165) is 0 Å². The average Bonchev–Trinajstić information content (AvgIpc) is 1.62. The van der Waals surface area contributed by atoms with Crippen LogP contribution in [0.15, 0.2) is 0 Å². The molecule has 0 bridgehead atoms. The van der Waals surface area contributed by atoms with Crippen LogP contribution >= 0.6 is 7.94 Å². The maximum absolute atomic E-state index is 8.71. The van der Waals surface area contributed by atoms with Crippen LogP contribution in [0.1, 0.15) is 13.3 Å². The topological polar surface area (TPSA) is 75.7 Å². The third-order valence-corrected chi connectivity index (χ3v) is 1.53. The molecule has 0 aromatic carbocycles. The molecule has 0 aliphatic carbocycles. The Kier molecular flexibility index (Phi) is 3.54. The Balaban J connectivity index is 3.47. The van der Waals surface area contributed by atoms with E-state index in [1.54, 1.807) is 0 Å². The van der Waals surface area contributed by atoms with Gasteiger partial charge in [-0.15, -0.1) is 0 Å². The third-order valence-electron chi connectivity index (χ3n) is 0.777. The van der Waals surface area contributed by atoms with Crippen LogP contribution in [0, 0.1) is 0 Å². The molecular formula is C4H14NO3P. The van der Waals surface area contributed by atoms with Gasteiger partial charge in [-0.2, -0.15) is 0 Å². The summed E-state index contributed by atoms with van der Waals surface area (Å²) in [4.78, 5) is 17.4. The molecule has 0 aliphatic rings. The molecule has 4 N–H and O–H groups in total. The monoisotopic (exact) mass is 155 g/mol. The van der Waals surface area contributed by atoms with Crippen molar-refractivity contribution in [2.24, 2.45) is 5.73 Å². The first-order valence-corrected chi connectivity index (χ1v) is 5.14. The molecule has 0 rings (SSSR count). The van der Waals surface area contributed by atoms with Gasteiger partial charge in [0.1, 0.15) is 0 Å². The fourth-order valence-electron chi connectivity index (χ4n) is 0.370. The van der Waals surface area contributed by atoms with Crippen molar-refractivity contribution in [2.75, 3.05) is 6.66 Å². The van der Waals surface area contributed by atoms with E-state index in [0.29, 0.717) is 6.42 Å². The summed E-state index contributed by atoms with van der Waals surface area (Å²) >= 11 is 0. The van der Waals surface area contributed by atoms with Gasteiger partial charge in [-0.3, -0.25) is 0 Å². The number of hydrogen-bond acceptors (Lipinski definition) is 4. The zero-order valence-corrected chi connectivity index (χ0v) is 6.66. The Morgan fingerprint density at radius 1 is 1.67 bits per heavy atom. The Hall–Kier alpha value is 0.270. The Bertz CT molecular complexity index is 82.4. The van der Waals surface area contributed by atoms with E-state index in [9.17, 15) is 0 Å². The summed E-state index contributed by atoms with van der Waals surface area (Å²) in [6, 6.07) is 0. The zero-order chi connectivity index (χ0) is 7.49. The summed E-state index contributed by atoms with van der Waals surface area (Å²) in [5, 5.41) is 0. The molecule has 0 aliphatic heterocycles. The van der Waals surface area contributed by atoms with Crippen LogP contribution in [0.3, 0.4) is 0 Å². The number of hydrogen-bond donors (Lipinski definition) is 3. The van der Waals surface area contributed by atoms with Crippen molar-refractivity contribution < 1.29 is 14.3 Å². The molecule has 0 spiro atoms. The van der Waals surface area contributed by atoms with E-state index in [-0.39, 0.29) is 0 Å². The third kappa shape index (κ3) is 6.15. The molecule has 0 aromatic heterocycles. The minimum absolute atomic E-state index is 0.545. The standard InChI is InChI=1S/C4H14NO3P/c1-3-4(5)8-9(2,6)7/h4,6-7,9H,3,5H2,1-2H3. The van der Waals surface area contributed by atoms with Crippen LogP contribution in [0.25, 0.3) is 0 Å². The predicted molar refractivity (Wildman–Crippen MR) is 38.0 cm³/mol. The molecule has 5 heteroatoms. The minimum atomic E-state index is -3.37. The molecule has 4 nitrogen and oxygen atoms in total. The van der Waals surface area contributed by atoms with E-state index in [2.05, 4.69) is 4.52 Å². The number of nitrogens with two attached hydrogens (primary N) is 1. The molecule has 0 saturated carbocycles. The second-order valence-corrected chi connectivity index (χ2v) is 4.10. The van der Waals surface area contributed by atoms with Crippen LogP contribution in [-0.2, 0) is 4.52 Å². The Labute approximate surface area is 55.2 Å². The van der Waals surface area contributed by atoms with E-state index >= 15 is 0 Å². The normalized spacial score (nSPS) is 17.4. The Morgan fingerprint density at radius 2 is 2.11 bits per heavy atom. The summed E-state index contributed by atoms with van der Waals surface area (Å²) in [6.07, 6.45) is 0.0423. The van der Waals surface area contributed by atoms with Gasteiger partial charge in [-0.05, 0) is 0 Å². The molecule has 1 unspecified atom stereocenters. The van der Waals surface area contributed by atoms with Crippen LogP contribution in [0.5, 0.6) is 0 Å². The van der Waals surface area contributed by atoms with Crippen molar-refractivity contribution in [2.45, 2.75) is 19.6 Å². The molecule has 0 saturated heterocycles. The molecule has 0 heterocycles. The van der Waals surface area contributed by atoms with Crippen molar-refractivity contribution in [1.82, 2.24) is 0 Å². The fourth-order valence-corrected chi connectivity index (χ4v) is 1.11. The second-order valence-electron chi connectivity index (χ2n) is 2.00. The van der Waals surface area contributed by atoms with Crippen LogP contribution in [0.4, 0.5) is 0 Å². The summed E-state index contributed by atoms with van der Waals surface area (Å²) in [5.74, 6) is 0.